The molecule has 0 spiro atoms. The van der Waals surface area contributed by atoms with Crippen molar-refractivity contribution < 1.29 is 18.3 Å². The van der Waals surface area contributed by atoms with Crippen molar-refractivity contribution in [3.8, 4) is 0 Å². The van der Waals surface area contributed by atoms with E-state index in [2.05, 4.69) is 4.98 Å². The van der Waals surface area contributed by atoms with E-state index in [4.69, 9.17) is 5.11 Å². The number of benzene rings is 1. The van der Waals surface area contributed by atoms with Gasteiger partial charge in [-0.3, -0.25) is 4.98 Å². The number of aromatic carboxylic acids is 1. The summed E-state index contributed by atoms with van der Waals surface area (Å²) in [6, 6.07) is 10.8. The molecule has 5 nitrogen and oxygen atoms in total. The summed E-state index contributed by atoms with van der Waals surface area (Å²) in [5, 5.41) is 8.73. The highest BCUT2D eigenvalue weighted by Crippen LogP contribution is 2.15. The average Bonchev–Trinajstić information content (AvgIpc) is 2.40. The van der Waals surface area contributed by atoms with Crippen LogP contribution in [0.5, 0.6) is 0 Å². The molecule has 0 aliphatic heterocycles. The number of hydrogen-bond acceptors (Lipinski definition) is 4. The summed E-state index contributed by atoms with van der Waals surface area (Å²) in [5.41, 5.74) is 0.342. The lowest BCUT2D eigenvalue weighted by molar-refractivity contribution is 0.0696. The molecule has 0 atom stereocenters. The predicted octanol–water partition coefficient (Wildman–Crippen LogP) is 1.75. The highest BCUT2D eigenvalue weighted by molar-refractivity contribution is 7.90. The Morgan fingerprint density at radius 2 is 1.79 bits per heavy atom. The summed E-state index contributed by atoms with van der Waals surface area (Å²) in [7, 11) is -3.46. The molecule has 2 aromatic rings. The zero-order valence-electron chi connectivity index (χ0n) is 9.85. The van der Waals surface area contributed by atoms with Crippen LogP contribution in [0.1, 0.15) is 16.1 Å². The molecule has 0 saturated heterocycles. The molecule has 1 aromatic heterocycles. The van der Waals surface area contributed by atoms with Gasteiger partial charge in [0.1, 0.15) is 0 Å². The first-order valence-corrected chi connectivity index (χ1v) is 7.10. The minimum absolute atomic E-state index is 0.0286. The first kappa shape index (κ1) is 13.2. The van der Waals surface area contributed by atoms with E-state index in [0.29, 0.717) is 5.69 Å². The van der Waals surface area contributed by atoms with E-state index in [0.717, 1.165) is 6.20 Å². The monoisotopic (exact) mass is 277 g/mol. The number of carbonyl (C=O) groups is 1. The Morgan fingerprint density at radius 1 is 1.11 bits per heavy atom. The van der Waals surface area contributed by atoms with Gasteiger partial charge in [-0.1, -0.05) is 18.2 Å². The third kappa shape index (κ3) is 3.17. The molecule has 1 aromatic carbocycles. The maximum absolute atomic E-state index is 12.1. The van der Waals surface area contributed by atoms with Gasteiger partial charge in [-0.2, -0.15) is 0 Å². The van der Waals surface area contributed by atoms with Gasteiger partial charge < -0.3 is 5.11 Å². The quantitative estimate of drug-likeness (QED) is 0.920. The summed E-state index contributed by atoms with van der Waals surface area (Å²) in [6.07, 6.45) is 1.15. The molecular formula is C13H11NO4S. The van der Waals surface area contributed by atoms with Crippen molar-refractivity contribution in [2.45, 2.75) is 10.6 Å². The molecule has 0 amide bonds. The fourth-order valence-corrected chi connectivity index (χ4v) is 2.84. The third-order valence-electron chi connectivity index (χ3n) is 2.51. The van der Waals surface area contributed by atoms with Crippen LogP contribution in [-0.4, -0.2) is 24.5 Å². The lowest BCUT2D eigenvalue weighted by Crippen LogP contribution is -2.07. The first-order chi connectivity index (χ1) is 8.99. The molecule has 0 fully saturated rings. The van der Waals surface area contributed by atoms with Crippen LogP contribution in [0, 0.1) is 0 Å². The largest absolute Gasteiger partial charge is 0.478 e. The predicted molar refractivity (Wildman–Crippen MR) is 68.5 cm³/mol. The fourth-order valence-electron chi connectivity index (χ4n) is 1.54. The van der Waals surface area contributed by atoms with E-state index in [9.17, 15) is 13.2 Å². The van der Waals surface area contributed by atoms with Crippen LogP contribution < -0.4 is 0 Å². The highest BCUT2D eigenvalue weighted by atomic mass is 32.2. The van der Waals surface area contributed by atoms with Gasteiger partial charge in [0.2, 0.25) is 0 Å². The van der Waals surface area contributed by atoms with Crippen molar-refractivity contribution in [1.82, 2.24) is 4.98 Å². The van der Waals surface area contributed by atoms with E-state index in [1.165, 1.54) is 24.3 Å². The Hall–Kier alpha value is -2.21. The van der Waals surface area contributed by atoms with Crippen LogP contribution >= 0.6 is 0 Å². The molecular weight excluding hydrogens is 266 g/mol. The van der Waals surface area contributed by atoms with Crippen LogP contribution in [0.3, 0.4) is 0 Å². The molecule has 0 bridgehead atoms. The molecule has 2 rings (SSSR count). The van der Waals surface area contributed by atoms with E-state index in [1.54, 1.807) is 18.2 Å². The van der Waals surface area contributed by atoms with Crippen molar-refractivity contribution in [3.05, 3.63) is 59.9 Å². The van der Waals surface area contributed by atoms with E-state index in [1.807, 2.05) is 0 Å². The first-order valence-electron chi connectivity index (χ1n) is 5.45. The smallest absolute Gasteiger partial charge is 0.337 e. The number of aromatic nitrogens is 1. The Bertz CT molecular complexity index is 678. The van der Waals surface area contributed by atoms with Crippen molar-refractivity contribution in [2.75, 3.05) is 0 Å². The van der Waals surface area contributed by atoms with E-state index < -0.39 is 15.8 Å². The van der Waals surface area contributed by atoms with Crippen LogP contribution in [0.2, 0.25) is 0 Å². The number of nitrogens with zero attached hydrogens (tertiary/aromatic N) is 1. The van der Waals surface area contributed by atoms with E-state index in [-0.39, 0.29) is 16.2 Å². The molecule has 6 heteroatoms. The van der Waals surface area contributed by atoms with Gasteiger partial charge in [0, 0.05) is 6.20 Å². The maximum atomic E-state index is 12.1. The van der Waals surface area contributed by atoms with Crippen LogP contribution in [0.15, 0.2) is 53.6 Å². The molecule has 19 heavy (non-hydrogen) atoms. The summed E-state index contributed by atoms with van der Waals surface area (Å²) >= 11 is 0. The molecule has 1 N–H and O–H groups in total. The summed E-state index contributed by atoms with van der Waals surface area (Å²) in [4.78, 5) is 14.7. The normalized spacial score (nSPS) is 11.2. The summed E-state index contributed by atoms with van der Waals surface area (Å²) < 4.78 is 24.1. The SMILES string of the molecule is O=C(O)c1ccc(CS(=O)(=O)c2ccccc2)nc1. The number of carboxylic acid groups (broad SMARTS) is 1. The van der Waals surface area contributed by atoms with Crippen molar-refractivity contribution >= 4 is 15.8 Å². The van der Waals surface area contributed by atoms with Gasteiger partial charge in [-0.25, -0.2) is 13.2 Å². The molecule has 0 aliphatic carbocycles. The summed E-state index contributed by atoms with van der Waals surface area (Å²) in [6.45, 7) is 0. The average molecular weight is 277 g/mol. The minimum atomic E-state index is -3.46. The zero-order valence-corrected chi connectivity index (χ0v) is 10.7. The Kier molecular flexibility index (Phi) is 3.62. The third-order valence-corrected chi connectivity index (χ3v) is 4.18. The Balaban J connectivity index is 2.24. The van der Waals surface area contributed by atoms with Gasteiger partial charge in [-0.05, 0) is 24.3 Å². The molecule has 98 valence electrons. The molecule has 0 aliphatic rings. The summed E-state index contributed by atoms with van der Waals surface area (Å²) in [5.74, 6) is -1.35. The molecule has 0 saturated carbocycles. The van der Waals surface area contributed by atoms with Crippen molar-refractivity contribution in [3.63, 3.8) is 0 Å². The van der Waals surface area contributed by atoms with E-state index >= 15 is 0 Å². The fraction of sp³-hybridized carbons (Fsp3) is 0.0769. The maximum Gasteiger partial charge on any atom is 0.337 e. The number of pyridine rings is 1. The Labute approximate surface area is 110 Å². The zero-order chi connectivity index (χ0) is 13.9. The number of carboxylic acids is 1. The number of sulfone groups is 1. The van der Waals surface area contributed by atoms with Gasteiger partial charge in [-0.15, -0.1) is 0 Å². The van der Waals surface area contributed by atoms with Crippen molar-refractivity contribution in [2.24, 2.45) is 0 Å². The number of hydrogen-bond donors (Lipinski definition) is 1. The van der Waals surface area contributed by atoms with Gasteiger partial charge in [0.15, 0.2) is 9.84 Å². The molecule has 0 unspecified atom stereocenters. The standard InChI is InChI=1S/C13H11NO4S/c15-13(16)10-6-7-11(14-8-10)9-19(17,18)12-4-2-1-3-5-12/h1-8H,9H2,(H,15,16). The highest BCUT2D eigenvalue weighted by Gasteiger charge is 2.15. The lowest BCUT2D eigenvalue weighted by Gasteiger charge is -2.04. The second-order valence-electron chi connectivity index (χ2n) is 3.92. The topological polar surface area (TPSA) is 84.3 Å². The molecule has 0 radical (unpaired) electrons. The Morgan fingerprint density at radius 3 is 2.32 bits per heavy atom. The molecule has 1 heterocycles. The van der Waals surface area contributed by atoms with Crippen LogP contribution in [-0.2, 0) is 15.6 Å². The van der Waals surface area contributed by atoms with Gasteiger partial charge >= 0.3 is 5.97 Å². The number of rotatable bonds is 4. The van der Waals surface area contributed by atoms with Crippen LogP contribution in [0.25, 0.3) is 0 Å². The second kappa shape index (κ2) is 5.19. The lowest BCUT2D eigenvalue weighted by atomic mass is 10.2. The van der Waals surface area contributed by atoms with Crippen molar-refractivity contribution in [1.29, 1.82) is 0 Å². The van der Waals surface area contributed by atoms with Crippen LogP contribution in [0.4, 0.5) is 0 Å². The van der Waals surface area contributed by atoms with Gasteiger partial charge in [0.05, 0.1) is 21.9 Å². The minimum Gasteiger partial charge on any atom is -0.478 e. The second-order valence-corrected chi connectivity index (χ2v) is 5.91. The van der Waals surface area contributed by atoms with Gasteiger partial charge in [0.25, 0.3) is 0 Å².